The van der Waals surface area contributed by atoms with Gasteiger partial charge in [-0.25, -0.2) is 0 Å². The van der Waals surface area contributed by atoms with Gasteiger partial charge in [0, 0.05) is 0 Å². The second kappa shape index (κ2) is 6.21. The first kappa shape index (κ1) is 14.6. The summed E-state index contributed by atoms with van der Waals surface area (Å²) >= 11 is -1.68. The third-order valence-electron chi connectivity index (χ3n) is 3.19. The van der Waals surface area contributed by atoms with Crippen molar-refractivity contribution in [3.63, 3.8) is 0 Å². The second-order valence-corrected chi connectivity index (χ2v) is 16.0. The number of hydrogen-bond acceptors (Lipinski definition) is 0. The average molecular weight is 314 g/mol. The summed E-state index contributed by atoms with van der Waals surface area (Å²) in [6, 6.07) is 0. The fourth-order valence-electron chi connectivity index (χ4n) is 1.31. The van der Waals surface area contributed by atoms with Crippen molar-refractivity contribution >= 4 is 28.7 Å². The van der Waals surface area contributed by atoms with Crippen LogP contribution >= 0.6 is 0 Å². The van der Waals surface area contributed by atoms with Crippen LogP contribution in [0.15, 0.2) is 20.0 Å². The van der Waals surface area contributed by atoms with Gasteiger partial charge in [-0.2, -0.15) is 0 Å². The van der Waals surface area contributed by atoms with E-state index in [9.17, 15) is 0 Å². The summed E-state index contributed by atoms with van der Waals surface area (Å²) < 4.78 is 3.42. The quantitative estimate of drug-likeness (QED) is 0.540. The molecule has 0 rings (SSSR count). The molecule has 0 bridgehead atoms. The van der Waals surface area contributed by atoms with E-state index in [1.165, 1.54) is 0 Å². The van der Waals surface area contributed by atoms with Gasteiger partial charge in [0.25, 0.3) is 0 Å². The van der Waals surface area contributed by atoms with Crippen LogP contribution in [0.1, 0.15) is 27.7 Å². The van der Waals surface area contributed by atoms with E-state index in [0.717, 1.165) is 0 Å². The van der Waals surface area contributed by atoms with E-state index in [4.69, 9.17) is 0 Å². The van der Waals surface area contributed by atoms with Gasteiger partial charge in [0.15, 0.2) is 0 Å². The third-order valence-corrected chi connectivity index (χ3v) is 11.1. The maximum atomic E-state index is 2.44. The van der Waals surface area contributed by atoms with Crippen molar-refractivity contribution in [3.05, 3.63) is 20.0 Å². The fourth-order valence-corrected chi connectivity index (χ4v) is 5.25. The molecular formula is C12H24Ge2. The van der Waals surface area contributed by atoms with Crippen LogP contribution in [0.3, 0.4) is 0 Å². The molecule has 0 spiro atoms. The Labute approximate surface area is 99.1 Å². The molecule has 0 saturated carbocycles. The van der Waals surface area contributed by atoms with Gasteiger partial charge in [-0.1, -0.05) is 0 Å². The first-order valence-electron chi connectivity index (χ1n) is 5.25. The Balaban J connectivity index is 5.14. The van der Waals surface area contributed by atoms with E-state index < -0.39 is 28.7 Å². The van der Waals surface area contributed by atoms with Crippen LogP contribution in [0.25, 0.3) is 0 Å². The molecule has 0 N–H and O–H groups in total. The molecule has 0 aliphatic carbocycles. The molecule has 0 aromatic carbocycles. The van der Waals surface area contributed by atoms with E-state index in [2.05, 4.69) is 50.7 Å². The number of hydrogen-bond donors (Lipinski definition) is 0. The molecule has 0 aromatic rings. The maximum absolute atomic E-state index is 2.44. The predicted molar refractivity (Wildman–Crippen MR) is 71.7 cm³/mol. The molecule has 14 heavy (non-hydrogen) atoms. The van der Waals surface area contributed by atoms with Gasteiger partial charge in [0.2, 0.25) is 0 Å². The van der Waals surface area contributed by atoms with E-state index in [1.54, 1.807) is 20.0 Å². The summed E-state index contributed by atoms with van der Waals surface area (Å²) in [4.78, 5) is 0. The Kier molecular flexibility index (Phi) is 6.47. The molecule has 0 aromatic heterocycles. The van der Waals surface area contributed by atoms with Crippen LogP contribution in [0, 0.1) is 0 Å². The molecule has 80 valence electrons. The van der Waals surface area contributed by atoms with Gasteiger partial charge in [-0.15, -0.1) is 0 Å². The molecule has 0 aliphatic rings. The molecular weight excluding hydrogens is 289 g/mol. The van der Waals surface area contributed by atoms with E-state index >= 15 is 0 Å². The second-order valence-electron chi connectivity index (χ2n) is 4.50. The first-order chi connectivity index (χ1) is 6.29. The van der Waals surface area contributed by atoms with Crippen LogP contribution in [-0.2, 0) is 0 Å². The van der Waals surface area contributed by atoms with Gasteiger partial charge < -0.3 is 0 Å². The Bertz CT molecular complexity index is 229. The van der Waals surface area contributed by atoms with Crippen molar-refractivity contribution in [1.82, 2.24) is 0 Å². The summed E-state index contributed by atoms with van der Waals surface area (Å²) in [5, 5.41) is 0. The first-order valence-corrected chi connectivity index (χ1v) is 15.7. The van der Waals surface area contributed by atoms with Crippen LogP contribution in [0.2, 0.25) is 23.0 Å². The summed E-state index contributed by atoms with van der Waals surface area (Å²) in [5.41, 5.74) is 3.19. The Morgan fingerprint density at radius 3 is 0.929 bits per heavy atom. The van der Waals surface area contributed by atoms with Gasteiger partial charge in [0.1, 0.15) is 0 Å². The molecule has 0 atom stereocenters. The Morgan fingerprint density at radius 2 is 0.786 bits per heavy atom. The average Bonchev–Trinajstić information content (AvgIpc) is 2.12. The van der Waals surface area contributed by atoms with Crippen LogP contribution in [0.4, 0.5) is 0 Å². The topological polar surface area (TPSA) is 0 Å². The molecule has 0 saturated heterocycles. The Hall–Kier alpha value is 0.566. The van der Waals surface area contributed by atoms with Crippen molar-refractivity contribution in [2.75, 3.05) is 0 Å². The number of rotatable bonds is 3. The Morgan fingerprint density at radius 1 is 0.571 bits per heavy atom. The SMILES string of the molecule is CC(/C(C)=[C](/C)[Ge]([CH3])[CH3])=[C](\C)[Ge]([CH3])[CH3]. The van der Waals surface area contributed by atoms with Gasteiger partial charge in [0.05, 0.1) is 0 Å². The summed E-state index contributed by atoms with van der Waals surface area (Å²) in [5.74, 6) is 9.76. The fraction of sp³-hybridized carbons (Fsp3) is 0.667. The monoisotopic (exact) mass is 316 g/mol. The van der Waals surface area contributed by atoms with E-state index in [0.29, 0.717) is 0 Å². The number of allylic oxidation sites excluding steroid dienone is 4. The molecule has 0 unspecified atom stereocenters. The van der Waals surface area contributed by atoms with Crippen LogP contribution in [-0.4, -0.2) is 28.7 Å². The van der Waals surface area contributed by atoms with Gasteiger partial charge >= 0.3 is 99.4 Å². The standard InChI is InChI=1S/C12H24Ge2/c1-9(11(3)13(5)6)10(2)12(4)14(7)8/h1-8H3/b11-9-,12-10-. The summed E-state index contributed by atoms with van der Waals surface area (Å²) in [7, 11) is 0. The van der Waals surface area contributed by atoms with Crippen molar-refractivity contribution in [2.24, 2.45) is 0 Å². The molecule has 0 heterocycles. The minimum atomic E-state index is -0.840. The molecule has 0 amide bonds. The molecule has 0 nitrogen and oxygen atoms in total. The normalized spacial score (nSPS) is 15.9. The third kappa shape index (κ3) is 3.97. The molecule has 0 aliphatic heterocycles. The zero-order valence-corrected chi connectivity index (χ0v) is 15.2. The summed E-state index contributed by atoms with van der Waals surface area (Å²) in [6.07, 6.45) is 0. The van der Waals surface area contributed by atoms with E-state index in [1.807, 2.05) is 0 Å². The van der Waals surface area contributed by atoms with Crippen LogP contribution < -0.4 is 0 Å². The van der Waals surface area contributed by atoms with Crippen molar-refractivity contribution in [1.29, 1.82) is 0 Å². The van der Waals surface area contributed by atoms with Gasteiger partial charge in [-0.05, 0) is 0 Å². The van der Waals surface area contributed by atoms with Crippen LogP contribution in [0.5, 0.6) is 0 Å². The van der Waals surface area contributed by atoms with Crippen molar-refractivity contribution in [2.45, 2.75) is 50.7 Å². The molecule has 2 radical (unpaired) electrons. The van der Waals surface area contributed by atoms with Crippen molar-refractivity contribution < 1.29 is 0 Å². The zero-order valence-electron chi connectivity index (χ0n) is 11.0. The van der Waals surface area contributed by atoms with E-state index in [-0.39, 0.29) is 0 Å². The summed E-state index contributed by atoms with van der Waals surface area (Å²) in [6.45, 7) is 9.31. The predicted octanol–water partition coefficient (Wildman–Crippen LogP) is 4.25. The molecule has 0 fully saturated rings. The van der Waals surface area contributed by atoms with Crippen molar-refractivity contribution in [3.8, 4) is 0 Å². The zero-order chi connectivity index (χ0) is 11.5. The molecule has 2 heteroatoms. The van der Waals surface area contributed by atoms with Gasteiger partial charge in [-0.3, -0.25) is 0 Å². The minimum absolute atomic E-state index is 0.840.